The molecule has 0 aliphatic carbocycles. The average molecular weight is 341 g/mol. The van der Waals surface area contributed by atoms with Crippen molar-refractivity contribution in [3.8, 4) is 0 Å². The maximum atomic E-state index is 4.70. The van der Waals surface area contributed by atoms with E-state index in [1.807, 2.05) is 31.1 Å². The van der Waals surface area contributed by atoms with Gasteiger partial charge in [-0.15, -0.1) is 0 Å². The quantitative estimate of drug-likeness (QED) is 0.775. The molecule has 0 unspecified atom stereocenters. The second-order valence-electron chi connectivity index (χ2n) is 7.08. The third-order valence-corrected chi connectivity index (χ3v) is 4.45. The van der Waals surface area contributed by atoms with Crippen LogP contribution in [0.5, 0.6) is 0 Å². The number of benzene rings is 1. The van der Waals surface area contributed by atoms with Crippen molar-refractivity contribution in [2.75, 3.05) is 24.3 Å². The van der Waals surface area contributed by atoms with E-state index < -0.39 is 0 Å². The Morgan fingerprint density at radius 3 is 2.54 bits per heavy atom. The first-order chi connectivity index (χ1) is 11.3. The van der Waals surface area contributed by atoms with E-state index in [0.717, 1.165) is 27.7 Å². The summed E-state index contributed by atoms with van der Waals surface area (Å²) in [5, 5.41) is 5.43. The van der Waals surface area contributed by atoms with Crippen molar-refractivity contribution in [3.63, 3.8) is 0 Å². The Morgan fingerprint density at radius 1 is 1.12 bits per heavy atom. The molecule has 0 atom stereocenters. The first-order valence-electron chi connectivity index (χ1n) is 7.98. The SMILES string of the molecule is CN(C)c1cc(CNc2nc(C(C)(C)C)ns2)c2ccccc2n1. The number of aromatic nitrogens is 3. The molecular formula is C18H23N5S. The van der Waals surface area contributed by atoms with Crippen LogP contribution in [0, 0.1) is 0 Å². The molecule has 1 aromatic carbocycles. The average Bonchev–Trinajstić information content (AvgIpc) is 3.01. The van der Waals surface area contributed by atoms with Gasteiger partial charge in [-0.05, 0) is 17.7 Å². The summed E-state index contributed by atoms with van der Waals surface area (Å²) >= 11 is 1.41. The Morgan fingerprint density at radius 2 is 1.88 bits per heavy atom. The van der Waals surface area contributed by atoms with Gasteiger partial charge in [0, 0.05) is 43.0 Å². The van der Waals surface area contributed by atoms with Gasteiger partial charge < -0.3 is 10.2 Å². The Hall–Kier alpha value is -2.21. The molecule has 2 heterocycles. The van der Waals surface area contributed by atoms with Gasteiger partial charge in [0.05, 0.1) is 5.52 Å². The van der Waals surface area contributed by atoms with Crippen molar-refractivity contribution < 1.29 is 0 Å². The van der Waals surface area contributed by atoms with Crippen LogP contribution >= 0.6 is 11.5 Å². The highest BCUT2D eigenvalue weighted by Crippen LogP contribution is 2.25. The van der Waals surface area contributed by atoms with Crippen molar-refractivity contribution in [1.29, 1.82) is 0 Å². The van der Waals surface area contributed by atoms with Crippen molar-refractivity contribution in [1.82, 2.24) is 14.3 Å². The molecule has 0 saturated heterocycles. The monoisotopic (exact) mass is 341 g/mol. The van der Waals surface area contributed by atoms with E-state index >= 15 is 0 Å². The molecule has 3 aromatic rings. The highest BCUT2D eigenvalue weighted by atomic mass is 32.1. The van der Waals surface area contributed by atoms with E-state index in [0.29, 0.717) is 6.54 Å². The lowest BCUT2D eigenvalue weighted by molar-refractivity contribution is 0.555. The summed E-state index contributed by atoms with van der Waals surface area (Å²) in [6, 6.07) is 10.4. The summed E-state index contributed by atoms with van der Waals surface area (Å²) in [5.41, 5.74) is 2.18. The number of hydrogen-bond donors (Lipinski definition) is 1. The van der Waals surface area contributed by atoms with E-state index in [1.165, 1.54) is 17.1 Å². The highest BCUT2D eigenvalue weighted by molar-refractivity contribution is 7.09. The summed E-state index contributed by atoms with van der Waals surface area (Å²) in [6.07, 6.45) is 0. The van der Waals surface area contributed by atoms with Gasteiger partial charge in [0.1, 0.15) is 11.6 Å². The number of anilines is 2. The minimum absolute atomic E-state index is 0.0299. The second-order valence-corrected chi connectivity index (χ2v) is 7.83. The molecule has 126 valence electrons. The molecule has 0 aliphatic rings. The molecule has 0 radical (unpaired) electrons. The van der Waals surface area contributed by atoms with Crippen LogP contribution in [0.25, 0.3) is 10.9 Å². The molecule has 1 N–H and O–H groups in total. The lowest BCUT2D eigenvalue weighted by atomic mass is 9.96. The third kappa shape index (κ3) is 3.48. The number of para-hydroxylation sites is 1. The smallest absolute Gasteiger partial charge is 0.202 e. The summed E-state index contributed by atoms with van der Waals surface area (Å²) in [6.45, 7) is 7.07. The first-order valence-corrected chi connectivity index (χ1v) is 8.76. The zero-order valence-corrected chi connectivity index (χ0v) is 15.6. The topological polar surface area (TPSA) is 53.9 Å². The van der Waals surface area contributed by atoms with E-state index in [9.17, 15) is 0 Å². The number of pyridine rings is 1. The molecule has 24 heavy (non-hydrogen) atoms. The predicted octanol–water partition coefficient (Wildman–Crippen LogP) is 4.06. The van der Waals surface area contributed by atoms with E-state index in [2.05, 4.69) is 53.6 Å². The van der Waals surface area contributed by atoms with Crippen LogP contribution in [0.15, 0.2) is 30.3 Å². The van der Waals surface area contributed by atoms with E-state index in [-0.39, 0.29) is 5.41 Å². The summed E-state index contributed by atoms with van der Waals surface area (Å²) in [7, 11) is 4.02. The fourth-order valence-corrected chi connectivity index (χ4v) is 3.13. The standard InChI is InChI=1S/C18H23N5S/c1-18(2,3)16-21-17(24-22-16)19-11-12-10-15(23(4)5)20-14-9-7-6-8-13(12)14/h6-10H,11H2,1-5H3,(H,19,21,22). The van der Waals surface area contributed by atoms with Gasteiger partial charge in [-0.2, -0.15) is 4.37 Å². The molecule has 3 rings (SSSR count). The number of nitrogens with zero attached hydrogens (tertiary/aromatic N) is 4. The van der Waals surface area contributed by atoms with Crippen molar-refractivity contribution >= 4 is 33.4 Å². The molecule has 0 amide bonds. The zero-order chi connectivity index (χ0) is 17.3. The zero-order valence-electron chi connectivity index (χ0n) is 14.8. The summed E-state index contributed by atoms with van der Waals surface area (Å²) in [5.74, 6) is 1.83. The molecule has 6 heteroatoms. The summed E-state index contributed by atoms with van der Waals surface area (Å²) in [4.78, 5) is 11.3. The normalized spacial score (nSPS) is 11.7. The molecule has 0 fully saturated rings. The predicted molar refractivity (Wildman–Crippen MR) is 102 cm³/mol. The molecular weight excluding hydrogens is 318 g/mol. The van der Waals surface area contributed by atoms with E-state index in [4.69, 9.17) is 4.98 Å². The minimum Gasteiger partial charge on any atom is -0.363 e. The van der Waals surface area contributed by atoms with Crippen LogP contribution in [-0.2, 0) is 12.0 Å². The van der Waals surface area contributed by atoms with Crippen LogP contribution < -0.4 is 10.2 Å². The highest BCUT2D eigenvalue weighted by Gasteiger charge is 2.19. The van der Waals surface area contributed by atoms with Gasteiger partial charge in [-0.1, -0.05) is 39.0 Å². The molecule has 0 spiro atoms. The third-order valence-electron chi connectivity index (χ3n) is 3.77. The Bertz CT molecular complexity index is 848. The van der Waals surface area contributed by atoms with Crippen molar-refractivity contribution in [2.45, 2.75) is 32.7 Å². The van der Waals surface area contributed by atoms with Gasteiger partial charge in [-0.25, -0.2) is 9.97 Å². The maximum absolute atomic E-state index is 4.70. The molecule has 0 saturated carbocycles. The van der Waals surface area contributed by atoms with Gasteiger partial charge in [0.15, 0.2) is 0 Å². The maximum Gasteiger partial charge on any atom is 0.202 e. The van der Waals surface area contributed by atoms with Gasteiger partial charge >= 0.3 is 0 Å². The van der Waals surface area contributed by atoms with E-state index in [1.54, 1.807) is 0 Å². The molecule has 5 nitrogen and oxygen atoms in total. The number of rotatable bonds is 4. The van der Waals surface area contributed by atoms with Crippen molar-refractivity contribution in [3.05, 3.63) is 41.7 Å². The minimum atomic E-state index is -0.0299. The summed E-state index contributed by atoms with van der Waals surface area (Å²) < 4.78 is 4.46. The molecule has 2 aromatic heterocycles. The van der Waals surface area contributed by atoms with Crippen LogP contribution in [0.1, 0.15) is 32.2 Å². The fourth-order valence-electron chi connectivity index (χ4n) is 2.38. The molecule has 0 aliphatic heterocycles. The fraction of sp³-hybridized carbons (Fsp3) is 0.389. The van der Waals surface area contributed by atoms with Crippen LogP contribution in [-0.4, -0.2) is 28.4 Å². The Kier molecular flexibility index (Phi) is 4.41. The van der Waals surface area contributed by atoms with Crippen LogP contribution in [0.3, 0.4) is 0 Å². The number of fused-ring (bicyclic) bond motifs is 1. The molecule has 0 bridgehead atoms. The van der Waals surface area contributed by atoms with Crippen LogP contribution in [0.4, 0.5) is 10.9 Å². The van der Waals surface area contributed by atoms with Crippen LogP contribution in [0.2, 0.25) is 0 Å². The largest absolute Gasteiger partial charge is 0.363 e. The first kappa shape index (κ1) is 16.6. The lowest BCUT2D eigenvalue weighted by Gasteiger charge is -2.15. The number of hydrogen-bond acceptors (Lipinski definition) is 6. The Balaban J connectivity index is 1.88. The number of nitrogens with one attached hydrogen (secondary N) is 1. The van der Waals surface area contributed by atoms with Crippen molar-refractivity contribution in [2.24, 2.45) is 0 Å². The van der Waals surface area contributed by atoms with Gasteiger partial charge in [0.2, 0.25) is 5.13 Å². The second kappa shape index (κ2) is 6.36. The Labute approximate surface area is 146 Å². The van der Waals surface area contributed by atoms with Gasteiger partial charge in [-0.3, -0.25) is 0 Å². The lowest BCUT2D eigenvalue weighted by Crippen LogP contribution is -2.13. The van der Waals surface area contributed by atoms with Gasteiger partial charge in [0.25, 0.3) is 0 Å².